The molecule has 3 aromatic carbocycles. The number of fused-ring (bicyclic) bond motifs is 1. The molecule has 0 bridgehead atoms. The number of quaternary nitrogens is 1. The molecular weight excluding hydrogens is 462 g/mol. The molecule has 0 fully saturated rings. The number of benzene rings is 3. The molecule has 2 atom stereocenters. The number of aliphatic carboxylic acids is 1. The van der Waals surface area contributed by atoms with Crippen LogP contribution in [0, 0.1) is 5.82 Å². The van der Waals surface area contributed by atoms with Crippen molar-refractivity contribution in [3.63, 3.8) is 0 Å². The van der Waals surface area contributed by atoms with E-state index in [2.05, 4.69) is 0 Å². The van der Waals surface area contributed by atoms with Gasteiger partial charge < -0.3 is 5.11 Å². The van der Waals surface area contributed by atoms with Gasteiger partial charge in [-0.3, -0.25) is 4.79 Å². The molecule has 2 unspecified atom stereocenters. The Hall–Kier alpha value is -3.52. The predicted octanol–water partition coefficient (Wildman–Crippen LogP) is 5.90. The molecule has 1 aliphatic heterocycles. The molecule has 0 radical (unpaired) electrons. The van der Waals surface area contributed by atoms with Gasteiger partial charge in [0, 0.05) is 28.7 Å². The number of rotatable bonds is 6. The van der Waals surface area contributed by atoms with Crippen LogP contribution in [-0.4, -0.2) is 28.0 Å². The molecule has 35 heavy (non-hydrogen) atoms. The molecular formula is C27H24F4NO3+. The number of hydrogen-bond acceptors (Lipinski definition) is 2. The minimum absolute atomic E-state index is 0.0854. The molecule has 8 heteroatoms. The van der Waals surface area contributed by atoms with Crippen molar-refractivity contribution in [3.8, 4) is 0 Å². The van der Waals surface area contributed by atoms with Crippen molar-refractivity contribution in [2.24, 2.45) is 0 Å². The highest BCUT2D eigenvalue weighted by Gasteiger charge is 2.49. The van der Waals surface area contributed by atoms with E-state index in [1.54, 1.807) is 42.5 Å². The summed E-state index contributed by atoms with van der Waals surface area (Å²) in [6.45, 7) is 0.0417. The van der Waals surface area contributed by atoms with Gasteiger partial charge in [0.1, 0.15) is 18.4 Å². The summed E-state index contributed by atoms with van der Waals surface area (Å²) in [6, 6.07) is 17.7. The number of alkyl halides is 3. The summed E-state index contributed by atoms with van der Waals surface area (Å²) in [5, 5.41) is 9.20. The molecule has 1 amide bonds. The summed E-state index contributed by atoms with van der Waals surface area (Å²) >= 11 is 0. The van der Waals surface area contributed by atoms with Crippen molar-refractivity contribution in [1.29, 1.82) is 0 Å². The fraction of sp³-hybridized carbons (Fsp3) is 0.259. The number of hydrogen-bond donors (Lipinski definition) is 1. The topological polar surface area (TPSA) is 54.4 Å². The van der Waals surface area contributed by atoms with Crippen LogP contribution in [0.2, 0.25) is 0 Å². The minimum atomic E-state index is -4.55. The van der Waals surface area contributed by atoms with Gasteiger partial charge in [-0.15, -0.1) is 0 Å². The van der Waals surface area contributed by atoms with Gasteiger partial charge in [-0.05, 0) is 18.2 Å². The average molecular weight is 486 g/mol. The van der Waals surface area contributed by atoms with Crippen LogP contribution in [0.25, 0.3) is 0 Å². The van der Waals surface area contributed by atoms with E-state index in [9.17, 15) is 32.3 Å². The maximum atomic E-state index is 14.8. The van der Waals surface area contributed by atoms with Crippen LogP contribution in [0.1, 0.15) is 46.7 Å². The minimum Gasteiger partial charge on any atom is -0.481 e. The van der Waals surface area contributed by atoms with Gasteiger partial charge in [-0.25, -0.2) is 13.7 Å². The largest absolute Gasteiger partial charge is 0.481 e. The van der Waals surface area contributed by atoms with E-state index in [1.807, 2.05) is 0 Å². The van der Waals surface area contributed by atoms with Crippen LogP contribution in [0.4, 0.5) is 17.6 Å². The number of carboxylic acids is 1. The summed E-state index contributed by atoms with van der Waals surface area (Å²) in [7, 11) is 0. The van der Waals surface area contributed by atoms with Crippen molar-refractivity contribution in [3.05, 3.63) is 106 Å². The zero-order valence-corrected chi connectivity index (χ0v) is 18.8. The lowest BCUT2D eigenvalue weighted by Crippen LogP contribution is -2.58. The van der Waals surface area contributed by atoms with E-state index in [-0.39, 0.29) is 30.4 Å². The van der Waals surface area contributed by atoms with Gasteiger partial charge >= 0.3 is 18.1 Å². The molecule has 1 N–H and O–H groups in total. The van der Waals surface area contributed by atoms with Crippen molar-refractivity contribution >= 4 is 11.9 Å². The summed E-state index contributed by atoms with van der Waals surface area (Å²) in [4.78, 5) is 25.0. The van der Waals surface area contributed by atoms with E-state index in [1.165, 1.54) is 18.2 Å². The zero-order valence-electron chi connectivity index (χ0n) is 18.8. The van der Waals surface area contributed by atoms with Crippen molar-refractivity contribution < 1.29 is 36.7 Å². The Morgan fingerprint density at radius 3 is 2.34 bits per heavy atom. The summed E-state index contributed by atoms with van der Waals surface area (Å²) < 4.78 is 54.7. The van der Waals surface area contributed by atoms with Crippen LogP contribution in [0.15, 0.2) is 72.8 Å². The highest BCUT2D eigenvalue weighted by molar-refractivity contribution is 5.77. The SMILES string of the molecule is O=C(O)CCC(=O)[N+]1(Cc2cccc(C(F)(F)F)c2)CCc2c(F)cccc2C1c1ccccc1. The maximum absolute atomic E-state index is 14.8. The zero-order chi connectivity index (χ0) is 25.2. The number of nitrogens with zero attached hydrogens (tertiary/aromatic N) is 1. The third-order valence-electron chi connectivity index (χ3n) is 6.59. The van der Waals surface area contributed by atoms with Crippen LogP contribution >= 0.6 is 0 Å². The van der Waals surface area contributed by atoms with E-state index in [0.29, 0.717) is 22.3 Å². The predicted molar refractivity (Wildman–Crippen MR) is 121 cm³/mol. The van der Waals surface area contributed by atoms with E-state index < -0.39 is 41.9 Å². The first kappa shape index (κ1) is 24.6. The average Bonchev–Trinajstić information content (AvgIpc) is 2.82. The quantitative estimate of drug-likeness (QED) is 0.349. The van der Waals surface area contributed by atoms with Gasteiger partial charge in [-0.2, -0.15) is 13.2 Å². The molecule has 1 heterocycles. The van der Waals surface area contributed by atoms with Gasteiger partial charge in [0.25, 0.3) is 0 Å². The number of carbonyl (C=O) groups excluding carboxylic acids is 1. The Morgan fingerprint density at radius 1 is 0.943 bits per heavy atom. The number of halogens is 4. The van der Waals surface area contributed by atoms with Crippen molar-refractivity contribution in [2.45, 2.75) is 38.0 Å². The third-order valence-corrected chi connectivity index (χ3v) is 6.59. The Morgan fingerprint density at radius 2 is 1.66 bits per heavy atom. The standard InChI is InChI=1S/C27H23F4NO3/c28-23-11-5-10-22-21(23)14-15-32(24(33)12-13-25(34)35,26(22)19-7-2-1-3-8-19)17-18-6-4-9-20(16-18)27(29,30)31/h1-11,16,26H,12-15,17H2/p+1. The lowest BCUT2D eigenvalue weighted by molar-refractivity contribution is -0.895. The molecule has 0 aliphatic carbocycles. The fourth-order valence-corrected chi connectivity index (χ4v) is 5.04. The van der Waals surface area contributed by atoms with Crippen molar-refractivity contribution in [2.75, 3.05) is 6.54 Å². The van der Waals surface area contributed by atoms with E-state index in [4.69, 9.17) is 0 Å². The second kappa shape index (κ2) is 9.62. The lowest BCUT2D eigenvalue weighted by atomic mass is 9.84. The lowest BCUT2D eigenvalue weighted by Gasteiger charge is -2.46. The smallest absolute Gasteiger partial charge is 0.416 e. The van der Waals surface area contributed by atoms with E-state index >= 15 is 0 Å². The number of carbonyl (C=O) groups is 2. The second-order valence-corrected chi connectivity index (χ2v) is 8.77. The molecule has 0 aromatic heterocycles. The fourth-order valence-electron chi connectivity index (χ4n) is 5.04. The molecule has 0 spiro atoms. The van der Waals surface area contributed by atoms with Crippen LogP contribution in [-0.2, 0) is 28.7 Å². The highest BCUT2D eigenvalue weighted by Crippen LogP contribution is 2.44. The highest BCUT2D eigenvalue weighted by atomic mass is 19.4. The molecule has 4 rings (SSSR count). The summed E-state index contributed by atoms with van der Waals surface area (Å²) in [5.41, 5.74) is 1.22. The number of carboxylic acid groups (broad SMARTS) is 1. The monoisotopic (exact) mass is 486 g/mol. The first-order chi connectivity index (χ1) is 16.6. The first-order valence-electron chi connectivity index (χ1n) is 11.2. The Balaban J connectivity index is 1.90. The summed E-state index contributed by atoms with van der Waals surface area (Å²) in [6.07, 6.45) is -5.05. The molecule has 182 valence electrons. The van der Waals surface area contributed by atoms with Crippen LogP contribution in [0.3, 0.4) is 0 Å². The van der Waals surface area contributed by atoms with Gasteiger partial charge in [-0.1, -0.05) is 54.6 Å². The normalized spacial score (nSPS) is 19.7. The third kappa shape index (κ3) is 4.98. The molecule has 4 nitrogen and oxygen atoms in total. The van der Waals surface area contributed by atoms with Crippen molar-refractivity contribution in [1.82, 2.24) is 0 Å². The molecule has 1 aliphatic rings. The second-order valence-electron chi connectivity index (χ2n) is 8.77. The molecule has 0 saturated carbocycles. The van der Waals surface area contributed by atoms with Crippen LogP contribution in [0.5, 0.6) is 0 Å². The maximum Gasteiger partial charge on any atom is 0.416 e. The van der Waals surface area contributed by atoms with Gasteiger partial charge in [0.15, 0.2) is 0 Å². The Kier molecular flexibility index (Phi) is 6.76. The first-order valence-corrected chi connectivity index (χ1v) is 11.2. The number of amides is 1. The van der Waals surface area contributed by atoms with Crippen LogP contribution < -0.4 is 0 Å². The van der Waals surface area contributed by atoms with E-state index in [0.717, 1.165) is 12.1 Å². The van der Waals surface area contributed by atoms with Gasteiger partial charge in [0.2, 0.25) is 0 Å². The Bertz CT molecular complexity index is 1240. The van der Waals surface area contributed by atoms with Gasteiger partial charge in [0.05, 0.1) is 24.9 Å². The molecule has 3 aromatic rings. The Labute approximate surface area is 200 Å². The summed E-state index contributed by atoms with van der Waals surface area (Å²) in [5.74, 6) is -1.96. The molecule has 0 saturated heterocycles.